The third kappa shape index (κ3) is 4.36. The van der Waals surface area contributed by atoms with E-state index in [9.17, 15) is 9.90 Å². The summed E-state index contributed by atoms with van der Waals surface area (Å²) in [5.41, 5.74) is 0.637. The molecule has 0 spiro atoms. The smallest absolute Gasteiger partial charge is 0.267 e. The number of aryl methyl sites for hydroxylation is 1. The van der Waals surface area contributed by atoms with Crippen LogP contribution >= 0.6 is 22.6 Å². The third-order valence-corrected chi connectivity index (χ3v) is 3.61. The Balaban J connectivity index is 2.63. The van der Waals surface area contributed by atoms with Crippen molar-refractivity contribution in [2.75, 3.05) is 13.1 Å². The van der Waals surface area contributed by atoms with Crippen LogP contribution in [-0.2, 0) is 6.54 Å². The average Bonchev–Trinajstić information content (AvgIpc) is 2.30. The molecule has 0 aliphatic heterocycles. The molecule has 0 fully saturated rings. The predicted octanol–water partition coefficient (Wildman–Crippen LogP) is 0.517. The minimum atomic E-state index is -0.570. The maximum absolute atomic E-state index is 11.8. The van der Waals surface area contributed by atoms with Gasteiger partial charge >= 0.3 is 0 Å². The second kappa shape index (κ2) is 7.07. The minimum absolute atomic E-state index is 0.0901. The minimum Gasteiger partial charge on any atom is -0.390 e. The van der Waals surface area contributed by atoms with Gasteiger partial charge in [0.1, 0.15) is 0 Å². The molecular formula is C11H18IN3O2. The molecule has 0 aliphatic carbocycles. The summed E-state index contributed by atoms with van der Waals surface area (Å²) in [7, 11) is 0. The van der Waals surface area contributed by atoms with Crippen molar-refractivity contribution in [1.82, 2.24) is 14.9 Å². The largest absolute Gasteiger partial charge is 0.390 e. The van der Waals surface area contributed by atoms with Crippen molar-refractivity contribution in [2.24, 2.45) is 0 Å². The molecule has 5 nitrogen and oxygen atoms in total. The fourth-order valence-corrected chi connectivity index (χ4v) is 1.86. The molecule has 1 aromatic heterocycles. The van der Waals surface area contributed by atoms with Crippen molar-refractivity contribution in [3.8, 4) is 0 Å². The number of nitrogens with one attached hydrogen (secondary N) is 1. The van der Waals surface area contributed by atoms with Gasteiger partial charge in [-0.2, -0.15) is 0 Å². The molecule has 0 radical (unpaired) electrons. The highest BCUT2D eigenvalue weighted by molar-refractivity contribution is 14.1. The maximum atomic E-state index is 11.8. The van der Waals surface area contributed by atoms with E-state index >= 15 is 0 Å². The molecule has 1 rings (SSSR count). The van der Waals surface area contributed by atoms with Crippen molar-refractivity contribution >= 4 is 22.6 Å². The molecule has 0 aliphatic rings. The zero-order chi connectivity index (χ0) is 12.8. The molecule has 0 saturated heterocycles. The Morgan fingerprint density at radius 1 is 1.65 bits per heavy atom. The van der Waals surface area contributed by atoms with E-state index in [1.165, 1.54) is 10.9 Å². The van der Waals surface area contributed by atoms with Crippen LogP contribution in [0.4, 0.5) is 0 Å². The summed E-state index contributed by atoms with van der Waals surface area (Å²) in [6.07, 6.45) is 1.94. The lowest BCUT2D eigenvalue weighted by Gasteiger charge is -2.13. The van der Waals surface area contributed by atoms with Crippen LogP contribution < -0.4 is 10.9 Å². The maximum Gasteiger partial charge on any atom is 0.267 e. The molecule has 6 heteroatoms. The Morgan fingerprint density at radius 2 is 2.35 bits per heavy atom. The molecule has 1 atom stereocenters. The van der Waals surface area contributed by atoms with Gasteiger partial charge in [0.25, 0.3) is 5.56 Å². The molecule has 0 bridgehead atoms. The number of hydrogen-bond acceptors (Lipinski definition) is 4. The first kappa shape index (κ1) is 14.6. The van der Waals surface area contributed by atoms with E-state index < -0.39 is 6.10 Å². The van der Waals surface area contributed by atoms with E-state index in [4.69, 9.17) is 0 Å². The van der Waals surface area contributed by atoms with Gasteiger partial charge in [0.05, 0.1) is 28.2 Å². The number of aliphatic hydroxyl groups excluding tert-OH is 1. The monoisotopic (exact) mass is 351 g/mol. The van der Waals surface area contributed by atoms with Crippen LogP contribution in [0.3, 0.4) is 0 Å². The van der Waals surface area contributed by atoms with Crippen LogP contribution in [0.1, 0.15) is 19.0 Å². The van der Waals surface area contributed by atoms with E-state index in [1.807, 2.05) is 22.6 Å². The first-order valence-electron chi connectivity index (χ1n) is 5.66. The molecule has 0 amide bonds. The Morgan fingerprint density at radius 3 is 3.00 bits per heavy atom. The zero-order valence-corrected chi connectivity index (χ0v) is 12.3. The third-order valence-electron chi connectivity index (χ3n) is 2.37. The topological polar surface area (TPSA) is 67.2 Å². The van der Waals surface area contributed by atoms with Crippen LogP contribution in [0.2, 0.25) is 0 Å². The second-order valence-electron chi connectivity index (χ2n) is 3.96. The standard InChI is InChI=1S/C11H18IN3O2/c1-3-4-13-5-9(16)6-15-7-14-8(2)10(12)11(15)17/h7,9,13,16H,3-6H2,1-2H3. The van der Waals surface area contributed by atoms with Gasteiger partial charge in [-0.1, -0.05) is 6.92 Å². The lowest BCUT2D eigenvalue weighted by Crippen LogP contribution is -2.35. The van der Waals surface area contributed by atoms with Gasteiger partial charge in [-0.3, -0.25) is 9.36 Å². The highest BCUT2D eigenvalue weighted by Gasteiger charge is 2.09. The first-order chi connectivity index (χ1) is 8.06. The molecular weight excluding hydrogens is 333 g/mol. The van der Waals surface area contributed by atoms with Crippen molar-refractivity contribution < 1.29 is 5.11 Å². The van der Waals surface area contributed by atoms with Crippen LogP contribution in [0.5, 0.6) is 0 Å². The Kier molecular flexibility index (Phi) is 6.07. The summed E-state index contributed by atoms with van der Waals surface area (Å²) in [4.78, 5) is 16.0. The number of aliphatic hydroxyl groups is 1. The highest BCUT2D eigenvalue weighted by Crippen LogP contribution is 2.01. The molecule has 1 aromatic rings. The summed E-state index contributed by atoms with van der Waals surface area (Å²) >= 11 is 1.98. The van der Waals surface area contributed by atoms with E-state index in [-0.39, 0.29) is 12.1 Å². The van der Waals surface area contributed by atoms with E-state index in [0.29, 0.717) is 10.1 Å². The van der Waals surface area contributed by atoms with Crippen LogP contribution in [0.15, 0.2) is 11.1 Å². The van der Waals surface area contributed by atoms with Crippen molar-refractivity contribution in [1.29, 1.82) is 0 Å². The summed E-state index contributed by atoms with van der Waals surface area (Å²) in [5.74, 6) is 0. The van der Waals surface area contributed by atoms with Crippen LogP contribution in [0.25, 0.3) is 0 Å². The normalized spacial score (nSPS) is 12.7. The first-order valence-corrected chi connectivity index (χ1v) is 6.74. The van der Waals surface area contributed by atoms with Crippen LogP contribution in [0, 0.1) is 10.5 Å². The number of hydrogen-bond donors (Lipinski definition) is 2. The quantitative estimate of drug-likeness (QED) is 0.579. The van der Waals surface area contributed by atoms with Gasteiger partial charge < -0.3 is 10.4 Å². The molecule has 17 heavy (non-hydrogen) atoms. The number of rotatable bonds is 6. The van der Waals surface area contributed by atoms with Gasteiger partial charge in [0, 0.05) is 6.54 Å². The van der Waals surface area contributed by atoms with E-state index in [2.05, 4.69) is 17.2 Å². The second-order valence-corrected chi connectivity index (χ2v) is 5.04. The van der Waals surface area contributed by atoms with Gasteiger partial charge in [-0.25, -0.2) is 4.98 Å². The number of aromatic nitrogens is 2. The van der Waals surface area contributed by atoms with Crippen LogP contribution in [-0.4, -0.2) is 33.9 Å². The lowest BCUT2D eigenvalue weighted by atomic mass is 10.3. The van der Waals surface area contributed by atoms with E-state index in [0.717, 1.165) is 18.7 Å². The fraction of sp³-hybridized carbons (Fsp3) is 0.636. The zero-order valence-electron chi connectivity index (χ0n) is 10.1. The van der Waals surface area contributed by atoms with Crippen molar-refractivity contribution in [3.05, 3.63) is 25.9 Å². The molecule has 1 heterocycles. The molecule has 1 unspecified atom stereocenters. The van der Waals surface area contributed by atoms with Gasteiger partial charge in [-0.05, 0) is 42.5 Å². The average molecular weight is 351 g/mol. The molecule has 0 saturated carbocycles. The van der Waals surface area contributed by atoms with E-state index in [1.54, 1.807) is 6.92 Å². The van der Waals surface area contributed by atoms with Gasteiger partial charge in [0.15, 0.2) is 0 Å². The predicted molar refractivity (Wildman–Crippen MR) is 75.1 cm³/mol. The summed E-state index contributed by atoms with van der Waals surface area (Å²) in [6.45, 7) is 5.50. The Labute approximate surface area is 114 Å². The molecule has 96 valence electrons. The Bertz CT molecular complexity index is 420. The lowest BCUT2D eigenvalue weighted by molar-refractivity contribution is 0.150. The fourth-order valence-electron chi connectivity index (χ4n) is 1.41. The summed E-state index contributed by atoms with van der Waals surface area (Å²) in [5, 5.41) is 12.9. The summed E-state index contributed by atoms with van der Waals surface area (Å²) in [6, 6.07) is 0. The number of halogens is 1. The summed E-state index contributed by atoms with van der Waals surface area (Å²) < 4.78 is 2.06. The number of nitrogens with zero attached hydrogens (tertiary/aromatic N) is 2. The Hall–Kier alpha value is -0.470. The highest BCUT2D eigenvalue weighted by atomic mass is 127. The van der Waals surface area contributed by atoms with Crippen molar-refractivity contribution in [3.63, 3.8) is 0 Å². The SMILES string of the molecule is CCCNCC(O)Cn1cnc(C)c(I)c1=O. The molecule has 2 N–H and O–H groups in total. The molecule has 0 aromatic carbocycles. The van der Waals surface area contributed by atoms with Gasteiger partial charge in [0.2, 0.25) is 0 Å². The van der Waals surface area contributed by atoms with Gasteiger partial charge in [-0.15, -0.1) is 0 Å². The van der Waals surface area contributed by atoms with Crippen molar-refractivity contribution in [2.45, 2.75) is 32.9 Å².